The van der Waals surface area contributed by atoms with Crippen molar-refractivity contribution in [3.63, 3.8) is 0 Å². The maximum atomic E-state index is 12.3. The highest BCUT2D eigenvalue weighted by molar-refractivity contribution is 5.93. The number of anilines is 1. The molecule has 0 aliphatic carbocycles. The molecule has 6 heteroatoms. The Labute approximate surface area is 169 Å². The summed E-state index contributed by atoms with van der Waals surface area (Å²) in [5, 5.41) is 7.30. The number of nitrogens with one attached hydrogen (secondary N) is 3. The molecule has 2 aromatic heterocycles. The largest absolute Gasteiger partial charge is 0.361 e. The van der Waals surface area contributed by atoms with Gasteiger partial charge in [-0.3, -0.25) is 4.79 Å². The van der Waals surface area contributed by atoms with Gasteiger partial charge >= 0.3 is 0 Å². The van der Waals surface area contributed by atoms with Crippen LogP contribution in [0.25, 0.3) is 10.9 Å². The van der Waals surface area contributed by atoms with Crippen LogP contribution in [0, 0.1) is 0 Å². The molecule has 0 unspecified atom stereocenters. The Morgan fingerprint density at radius 3 is 2.48 bits per heavy atom. The second kappa shape index (κ2) is 9.01. The van der Waals surface area contributed by atoms with Gasteiger partial charge in [0.15, 0.2) is 0 Å². The van der Waals surface area contributed by atoms with Gasteiger partial charge in [0.1, 0.15) is 0 Å². The summed E-state index contributed by atoms with van der Waals surface area (Å²) in [5.74, 6) is 0.358. The molecule has 2 heterocycles. The van der Waals surface area contributed by atoms with E-state index in [0.717, 1.165) is 24.9 Å². The van der Waals surface area contributed by atoms with Crippen molar-refractivity contribution in [1.29, 1.82) is 0 Å². The molecule has 29 heavy (non-hydrogen) atoms. The molecule has 1 amide bonds. The van der Waals surface area contributed by atoms with Crippen LogP contribution in [0.1, 0.15) is 21.5 Å². The van der Waals surface area contributed by atoms with Crippen molar-refractivity contribution in [2.75, 3.05) is 18.4 Å². The molecule has 0 aliphatic rings. The Bertz CT molecular complexity index is 1070. The average molecular weight is 385 g/mol. The van der Waals surface area contributed by atoms with Crippen LogP contribution < -0.4 is 10.6 Å². The number of amides is 1. The third-order valence-corrected chi connectivity index (χ3v) is 4.81. The second-order valence-corrected chi connectivity index (χ2v) is 6.82. The number of rotatable bonds is 8. The number of carbonyl (C=O) groups is 1. The van der Waals surface area contributed by atoms with E-state index in [-0.39, 0.29) is 5.91 Å². The molecule has 4 aromatic rings. The average Bonchev–Trinajstić information content (AvgIpc) is 3.18. The van der Waals surface area contributed by atoms with E-state index in [2.05, 4.69) is 43.8 Å². The summed E-state index contributed by atoms with van der Waals surface area (Å²) >= 11 is 0. The van der Waals surface area contributed by atoms with Gasteiger partial charge in [-0.2, -0.15) is 0 Å². The van der Waals surface area contributed by atoms with Gasteiger partial charge in [0.25, 0.3) is 5.91 Å². The van der Waals surface area contributed by atoms with Crippen LogP contribution in [0.15, 0.2) is 73.2 Å². The van der Waals surface area contributed by atoms with Crippen LogP contribution in [0.3, 0.4) is 0 Å². The highest BCUT2D eigenvalue weighted by Gasteiger charge is 2.08. The lowest BCUT2D eigenvalue weighted by Gasteiger charge is -2.07. The number of nitrogens with zero attached hydrogens (tertiary/aromatic N) is 2. The lowest BCUT2D eigenvalue weighted by molar-refractivity contribution is 0.0953. The molecule has 2 aromatic carbocycles. The summed E-state index contributed by atoms with van der Waals surface area (Å²) in [6.07, 6.45) is 6.75. The van der Waals surface area contributed by atoms with Gasteiger partial charge in [-0.25, -0.2) is 9.97 Å². The fraction of sp³-hybridized carbons (Fsp3) is 0.174. The van der Waals surface area contributed by atoms with Crippen molar-refractivity contribution in [1.82, 2.24) is 20.3 Å². The summed E-state index contributed by atoms with van der Waals surface area (Å²) in [7, 11) is 0. The molecule has 146 valence electrons. The number of hydrogen-bond donors (Lipinski definition) is 3. The number of para-hydroxylation sites is 1. The fourth-order valence-electron chi connectivity index (χ4n) is 3.25. The first-order valence-corrected chi connectivity index (χ1v) is 9.72. The molecule has 3 N–H and O–H groups in total. The van der Waals surface area contributed by atoms with Gasteiger partial charge in [0.05, 0.1) is 5.56 Å². The Morgan fingerprint density at radius 2 is 1.66 bits per heavy atom. The van der Waals surface area contributed by atoms with E-state index >= 15 is 0 Å². The number of benzene rings is 2. The van der Waals surface area contributed by atoms with Crippen LogP contribution >= 0.6 is 0 Å². The topological polar surface area (TPSA) is 82.7 Å². The number of H-pyrrole nitrogens is 1. The van der Waals surface area contributed by atoms with E-state index in [1.807, 2.05) is 42.6 Å². The summed E-state index contributed by atoms with van der Waals surface area (Å²) in [4.78, 5) is 24.1. The Hall–Kier alpha value is -3.67. The summed E-state index contributed by atoms with van der Waals surface area (Å²) in [6.45, 7) is 1.29. The Kier molecular flexibility index (Phi) is 5.81. The molecular formula is C23H23N5O. The lowest BCUT2D eigenvalue weighted by atomic mass is 10.1. The smallest absolute Gasteiger partial charge is 0.254 e. The van der Waals surface area contributed by atoms with E-state index in [9.17, 15) is 4.79 Å². The molecular weight excluding hydrogens is 362 g/mol. The third kappa shape index (κ3) is 4.79. The first kappa shape index (κ1) is 18.7. The van der Waals surface area contributed by atoms with Crippen LogP contribution in [-0.2, 0) is 12.8 Å². The van der Waals surface area contributed by atoms with Gasteiger partial charge in [0, 0.05) is 42.6 Å². The zero-order valence-electron chi connectivity index (χ0n) is 16.1. The lowest BCUT2D eigenvalue weighted by Crippen LogP contribution is -2.26. The van der Waals surface area contributed by atoms with Crippen LogP contribution in [-0.4, -0.2) is 33.9 Å². The maximum Gasteiger partial charge on any atom is 0.254 e. The predicted molar refractivity (Wildman–Crippen MR) is 115 cm³/mol. The first-order valence-electron chi connectivity index (χ1n) is 9.72. The molecule has 0 fully saturated rings. The number of aromatic nitrogens is 3. The molecule has 0 bridgehead atoms. The minimum Gasteiger partial charge on any atom is -0.361 e. The minimum absolute atomic E-state index is 0.166. The molecule has 0 atom stereocenters. The van der Waals surface area contributed by atoms with Crippen molar-refractivity contribution in [2.24, 2.45) is 0 Å². The van der Waals surface area contributed by atoms with E-state index in [0.29, 0.717) is 18.1 Å². The second-order valence-electron chi connectivity index (χ2n) is 6.82. The molecule has 0 aliphatic heterocycles. The van der Waals surface area contributed by atoms with Crippen LogP contribution in [0.4, 0.5) is 5.95 Å². The maximum absolute atomic E-state index is 12.3. The summed E-state index contributed by atoms with van der Waals surface area (Å²) < 4.78 is 0. The van der Waals surface area contributed by atoms with Crippen molar-refractivity contribution >= 4 is 22.8 Å². The zero-order valence-corrected chi connectivity index (χ0v) is 16.1. The van der Waals surface area contributed by atoms with Gasteiger partial charge in [-0.1, -0.05) is 48.5 Å². The molecule has 0 saturated carbocycles. The number of hydrogen-bond acceptors (Lipinski definition) is 4. The molecule has 4 rings (SSSR count). The fourth-order valence-corrected chi connectivity index (χ4v) is 3.25. The predicted octanol–water partition coefficient (Wildman–Crippen LogP) is 3.59. The van der Waals surface area contributed by atoms with Gasteiger partial charge in [-0.05, 0) is 30.0 Å². The monoisotopic (exact) mass is 385 g/mol. The molecule has 0 saturated heterocycles. The standard InChI is InChI=1S/C23H23N5O/c29-22(24-13-11-18-14-26-21-9-5-4-8-20(18)21)19-15-27-23(28-16-19)25-12-10-17-6-2-1-3-7-17/h1-9,14-16,26H,10-13H2,(H,24,29)(H,25,27,28). The minimum atomic E-state index is -0.166. The van der Waals surface area contributed by atoms with Gasteiger partial charge < -0.3 is 15.6 Å². The SMILES string of the molecule is O=C(NCCc1c[nH]c2ccccc12)c1cnc(NCCc2ccccc2)nc1. The normalized spacial score (nSPS) is 10.8. The third-order valence-electron chi connectivity index (χ3n) is 4.81. The van der Waals surface area contributed by atoms with Crippen molar-refractivity contribution in [3.05, 3.63) is 89.9 Å². The number of carbonyl (C=O) groups excluding carboxylic acids is 1. The molecule has 6 nitrogen and oxygen atoms in total. The molecule has 0 spiro atoms. The van der Waals surface area contributed by atoms with E-state index in [1.54, 1.807) is 12.4 Å². The Balaban J connectivity index is 1.24. The van der Waals surface area contributed by atoms with Crippen molar-refractivity contribution in [2.45, 2.75) is 12.8 Å². The van der Waals surface area contributed by atoms with Crippen molar-refractivity contribution < 1.29 is 4.79 Å². The van der Waals surface area contributed by atoms with Crippen LogP contribution in [0.2, 0.25) is 0 Å². The van der Waals surface area contributed by atoms with Gasteiger partial charge in [0.2, 0.25) is 5.95 Å². The quantitative estimate of drug-likeness (QED) is 0.433. The summed E-state index contributed by atoms with van der Waals surface area (Å²) in [5.41, 5.74) is 4.01. The van der Waals surface area contributed by atoms with Crippen molar-refractivity contribution in [3.8, 4) is 0 Å². The zero-order chi connectivity index (χ0) is 19.9. The first-order chi connectivity index (χ1) is 14.3. The molecule has 0 radical (unpaired) electrons. The highest BCUT2D eigenvalue weighted by atomic mass is 16.1. The van der Waals surface area contributed by atoms with Crippen LogP contribution in [0.5, 0.6) is 0 Å². The van der Waals surface area contributed by atoms with E-state index in [4.69, 9.17) is 0 Å². The number of fused-ring (bicyclic) bond motifs is 1. The summed E-state index contributed by atoms with van der Waals surface area (Å²) in [6, 6.07) is 18.4. The Morgan fingerprint density at radius 1 is 0.897 bits per heavy atom. The highest BCUT2D eigenvalue weighted by Crippen LogP contribution is 2.17. The van der Waals surface area contributed by atoms with E-state index < -0.39 is 0 Å². The van der Waals surface area contributed by atoms with Gasteiger partial charge in [-0.15, -0.1) is 0 Å². The number of aromatic amines is 1. The van der Waals surface area contributed by atoms with E-state index in [1.165, 1.54) is 16.5 Å².